The SMILES string of the molecule is Cc1ccc(CCC=O)c2c1CCCC2. The van der Waals surface area contributed by atoms with E-state index in [-0.39, 0.29) is 0 Å². The fraction of sp³-hybridized carbons (Fsp3) is 0.500. The van der Waals surface area contributed by atoms with Crippen LogP contribution in [0.2, 0.25) is 0 Å². The second-order valence-corrected chi connectivity index (χ2v) is 4.41. The molecule has 0 aliphatic heterocycles. The summed E-state index contributed by atoms with van der Waals surface area (Å²) < 4.78 is 0. The minimum absolute atomic E-state index is 0.662. The van der Waals surface area contributed by atoms with Gasteiger partial charge in [0.25, 0.3) is 0 Å². The molecule has 1 heteroatoms. The molecule has 0 aromatic heterocycles. The predicted octanol–water partition coefficient (Wildman–Crippen LogP) is 3.01. The van der Waals surface area contributed by atoms with Gasteiger partial charge in [-0.15, -0.1) is 0 Å². The van der Waals surface area contributed by atoms with Crippen molar-refractivity contribution in [1.82, 2.24) is 0 Å². The zero-order chi connectivity index (χ0) is 10.7. The topological polar surface area (TPSA) is 17.1 Å². The lowest BCUT2D eigenvalue weighted by molar-refractivity contribution is -0.107. The molecule has 0 heterocycles. The number of aldehydes is 1. The first-order valence-electron chi connectivity index (χ1n) is 5.87. The van der Waals surface area contributed by atoms with E-state index in [2.05, 4.69) is 19.1 Å². The van der Waals surface area contributed by atoms with Crippen LogP contribution in [-0.4, -0.2) is 6.29 Å². The molecule has 1 aromatic rings. The molecule has 2 rings (SSSR count). The Morgan fingerprint density at radius 1 is 1.20 bits per heavy atom. The van der Waals surface area contributed by atoms with Gasteiger partial charge in [-0.3, -0.25) is 0 Å². The van der Waals surface area contributed by atoms with E-state index >= 15 is 0 Å². The van der Waals surface area contributed by atoms with E-state index < -0.39 is 0 Å². The van der Waals surface area contributed by atoms with Crippen molar-refractivity contribution in [3.8, 4) is 0 Å². The van der Waals surface area contributed by atoms with Gasteiger partial charge in [0.15, 0.2) is 0 Å². The molecule has 0 N–H and O–H groups in total. The Labute approximate surface area is 91.5 Å². The number of benzene rings is 1. The van der Waals surface area contributed by atoms with Crippen molar-refractivity contribution in [2.45, 2.75) is 45.4 Å². The highest BCUT2D eigenvalue weighted by atomic mass is 16.1. The summed E-state index contributed by atoms with van der Waals surface area (Å²) in [6.07, 6.45) is 7.69. The van der Waals surface area contributed by atoms with Gasteiger partial charge in [-0.2, -0.15) is 0 Å². The summed E-state index contributed by atoms with van der Waals surface area (Å²) in [4.78, 5) is 10.4. The highest BCUT2D eigenvalue weighted by molar-refractivity contribution is 5.51. The van der Waals surface area contributed by atoms with Gasteiger partial charge in [0.2, 0.25) is 0 Å². The molecule has 0 fully saturated rings. The van der Waals surface area contributed by atoms with Crippen LogP contribution in [0.1, 0.15) is 41.5 Å². The van der Waals surface area contributed by atoms with Gasteiger partial charge in [0.05, 0.1) is 0 Å². The molecule has 0 radical (unpaired) electrons. The number of rotatable bonds is 3. The molecule has 1 aliphatic rings. The molecule has 0 saturated carbocycles. The Morgan fingerprint density at radius 3 is 2.67 bits per heavy atom. The minimum atomic E-state index is 0.662. The normalized spacial score (nSPS) is 14.7. The molecule has 0 spiro atoms. The first-order chi connectivity index (χ1) is 7.33. The first-order valence-corrected chi connectivity index (χ1v) is 5.87. The third-order valence-corrected chi connectivity index (χ3v) is 3.40. The Balaban J connectivity index is 2.34. The van der Waals surface area contributed by atoms with Crippen LogP contribution in [0.4, 0.5) is 0 Å². The highest BCUT2D eigenvalue weighted by Gasteiger charge is 2.14. The van der Waals surface area contributed by atoms with E-state index in [0.29, 0.717) is 6.42 Å². The molecule has 0 bridgehead atoms. The Kier molecular flexibility index (Phi) is 3.20. The van der Waals surface area contributed by atoms with Crippen molar-refractivity contribution in [3.05, 3.63) is 34.4 Å². The molecule has 0 atom stereocenters. The maximum Gasteiger partial charge on any atom is 0.120 e. The summed E-state index contributed by atoms with van der Waals surface area (Å²) in [6.45, 7) is 2.20. The number of carbonyl (C=O) groups excluding carboxylic acids is 1. The number of carbonyl (C=O) groups is 1. The van der Waals surface area contributed by atoms with Gasteiger partial charge in [0.1, 0.15) is 6.29 Å². The Morgan fingerprint density at radius 2 is 1.93 bits per heavy atom. The Hall–Kier alpha value is -1.11. The molecule has 1 aliphatic carbocycles. The van der Waals surface area contributed by atoms with Gasteiger partial charge in [-0.1, -0.05) is 12.1 Å². The van der Waals surface area contributed by atoms with Crippen LogP contribution in [0.3, 0.4) is 0 Å². The lowest BCUT2D eigenvalue weighted by Gasteiger charge is -2.21. The molecule has 0 saturated heterocycles. The average Bonchev–Trinajstić information content (AvgIpc) is 2.29. The lowest BCUT2D eigenvalue weighted by atomic mass is 9.84. The molecule has 0 unspecified atom stereocenters. The van der Waals surface area contributed by atoms with Crippen LogP contribution in [0.15, 0.2) is 12.1 Å². The van der Waals surface area contributed by atoms with Crippen LogP contribution in [0, 0.1) is 6.92 Å². The van der Waals surface area contributed by atoms with Crippen molar-refractivity contribution < 1.29 is 4.79 Å². The molecular weight excluding hydrogens is 184 g/mol. The molecule has 1 nitrogen and oxygen atoms in total. The second kappa shape index (κ2) is 4.61. The summed E-state index contributed by atoms with van der Waals surface area (Å²) in [5, 5.41) is 0. The predicted molar refractivity (Wildman–Crippen MR) is 62.2 cm³/mol. The zero-order valence-electron chi connectivity index (χ0n) is 9.38. The van der Waals surface area contributed by atoms with Gasteiger partial charge in [0, 0.05) is 6.42 Å². The van der Waals surface area contributed by atoms with Crippen molar-refractivity contribution >= 4 is 6.29 Å². The number of aryl methyl sites for hydroxylation is 2. The summed E-state index contributed by atoms with van der Waals surface area (Å²) >= 11 is 0. The lowest BCUT2D eigenvalue weighted by Crippen LogP contribution is -2.08. The smallest absolute Gasteiger partial charge is 0.120 e. The summed E-state index contributed by atoms with van der Waals surface area (Å²) in [7, 11) is 0. The van der Waals surface area contributed by atoms with Crippen molar-refractivity contribution in [2.24, 2.45) is 0 Å². The second-order valence-electron chi connectivity index (χ2n) is 4.41. The van der Waals surface area contributed by atoms with E-state index in [9.17, 15) is 4.79 Å². The average molecular weight is 202 g/mol. The maximum atomic E-state index is 10.4. The van der Waals surface area contributed by atoms with Crippen LogP contribution in [-0.2, 0) is 24.1 Å². The molecular formula is C14H18O. The van der Waals surface area contributed by atoms with Crippen molar-refractivity contribution in [3.63, 3.8) is 0 Å². The first kappa shape index (κ1) is 10.4. The van der Waals surface area contributed by atoms with Crippen LogP contribution in [0.5, 0.6) is 0 Å². The molecule has 1 aromatic carbocycles. The Bertz CT molecular complexity index is 366. The number of fused-ring (bicyclic) bond motifs is 1. The molecule has 0 amide bonds. The number of hydrogen-bond acceptors (Lipinski definition) is 1. The summed E-state index contributed by atoms with van der Waals surface area (Å²) in [5.41, 5.74) is 5.94. The van der Waals surface area contributed by atoms with Crippen molar-refractivity contribution in [2.75, 3.05) is 0 Å². The summed E-state index contributed by atoms with van der Waals surface area (Å²) in [6, 6.07) is 4.42. The van der Waals surface area contributed by atoms with E-state index in [4.69, 9.17) is 0 Å². The van der Waals surface area contributed by atoms with E-state index in [1.165, 1.54) is 36.8 Å². The monoisotopic (exact) mass is 202 g/mol. The highest BCUT2D eigenvalue weighted by Crippen LogP contribution is 2.27. The fourth-order valence-electron chi connectivity index (χ4n) is 2.57. The molecule has 80 valence electrons. The van der Waals surface area contributed by atoms with Gasteiger partial charge in [-0.05, 0) is 61.3 Å². The quantitative estimate of drug-likeness (QED) is 0.689. The van der Waals surface area contributed by atoms with E-state index in [1.807, 2.05) is 0 Å². The number of hydrogen-bond donors (Lipinski definition) is 0. The largest absolute Gasteiger partial charge is 0.303 e. The summed E-state index contributed by atoms with van der Waals surface area (Å²) in [5.74, 6) is 0. The molecule has 15 heavy (non-hydrogen) atoms. The maximum absolute atomic E-state index is 10.4. The van der Waals surface area contributed by atoms with Crippen LogP contribution in [0.25, 0.3) is 0 Å². The third kappa shape index (κ3) is 2.11. The minimum Gasteiger partial charge on any atom is -0.303 e. The van der Waals surface area contributed by atoms with Crippen LogP contribution >= 0.6 is 0 Å². The third-order valence-electron chi connectivity index (χ3n) is 3.40. The zero-order valence-corrected chi connectivity index (χ0v) is 9.38. The standard InChI is InChI=1S/C14H18O/c1-11-8-9-12(5-4-10-15)14-7-3-2-6-13(11)14/h8-10H,2-7H2,1H3. The van der Waals surface area contributed by atoms with Gasteiger partial charge >= 0.3 is 0 Å². The van der Waals surface area contributed by atoms with Crippen LogP contribution < -0.4 is 0 Å². The van der Waals surface area contributed by atoms with Crippen molar-refractivity contribution in [1.29, 1.82) is 0 Å². The van der Waals surface area contributed by atoms with Gasteiger partial charge < -0.3 is 4.79 Å². The van der Waals surface area contributed by atoms with E-state index in [1.54, 1.807) is 11.1 Å². The fourth-order valence-corrected chi connectivity index (χ4v) is 2.57. The van der Waals surface area contributed by atoms with Gasteiger partial charge in [-0.25, -0.2) is 0 Å². The van der Waals surface area contributed by atoms with E-state index in [0.717, 1.165) is 12.7 Å².